The van der Waals surface area contributed by atoms with E-state index < -0.39 is 10.0 Å². The van der Waals surface area contributed by atoms with Gasteiger partial charge in [-0.2, -0.15) is 4.31 Å². The second-order valence-corrected chi connectivity index (χ2v) is 6.74. The van der Waals surface area contributed by atoms with Crippen molar-refractivity contribution in [1.29, 1.82) is 0 Å². The minimum atomic E-state index is -3.23. The lowest BCUT2D eigenvalue weighted by Gasteiger charge is -2.31. The molecule has 1 N–H and O–H groups in total. The first-order chi connectivity index (χ1) is 9.38. The number of morpholine rings is 1. The Kier molecular flexibility index (Phi) is 4.46. The van der Waals surface area contributed by atoms with Gasteiger partial charge in [-0.1, -0.05) is 0 Å². The lowest BCUT2D eigenvalue weighted by molar-refractivity contribution is 0.000300. The highest BCUT2D eigenvalue weighted by Gasteiger charge is 2.27. The number of ether oxygens (including phenoxy) is 1. The SMILES string of the molecule is Cc1ccoc1C(=O)NCC1CN(S(C)(=O)=O)CCO1. The normalized spacial score (nSPS) is 20.8. The van der Waals surface area contributed by atoms with Gasteiger partial charge in [0.05, 0.1) is 25.2 Å². The van der Waals surface area contributed by atoms with Crippen molar-refractivity contribution in [3.63, 3.8) is 0 Å². The summed E-state index contributed by atoms with van der Waals surface area (Å²) in [5.41, 5.74) is 0.754. The molecule has 1 amide bonds. The van der Waals surface area contributed by atoms with E-state index in [1.807, 2.05) is 0 Å². The summed E-state index contributed by atoms with van der Waals surface area (Å²) < 4.78 is 34.8. The summed E-state index contributed by atoms with van der Waals surface area (Å²) in [6.45, 7) is 2.94. The molecule has 0 aromatic carbocycles. The van der Waals surface area contributed by atoms with E-state index >= 15 is 0 Å². The van der Waals surface area contributed by atoms with Crippen LogP contribution in [0.15, 0.2) is 16.7 Å². The molecule has 20 heavy (non-hydrogen) atoms. The molecule has 0 bridgehead atoms. The number of nitrogens with zero attached hydrogens (tertiary/aromatic N) is 1. The number of rotatable bonds is 4. The highest BCUT2D eigenvalue weighted by Crippen LogP contribution is 2.10. The summed E-state index contributed by atoms with van der Waals surface area (Å²) in [4.78, 5) is 11.9. The summed E-state index contributed by atoms with van der Waals surface area (Å²) in [5, 5.41) is 2.69. The van der Waals surface area contributed by atoms with E-state index in [1.165, 1.54) is 16.8 Å². The van der Waals surface area contributed by atoms with Crippen LogP contribution in [-0.4, -0.2) is 57.2 Å². The summed E-state index contributed by atoms with van der Waals surface area (Å²) in [5.74, 6) is -0.0617. The van der Waals surface area contributed by atoms with E-state index in [9.17, 15) is 13.2 Å². The minimum absolute atomic E-state index is 0.241. The molecule has 1 atom stereocenters. The van der Waals surface area contributed by atoms with Gasteiger partial charge >= 0.3 is 0 Å². The standard InChI is InChI=1S/C12H18N2O5S/c1-9-3-5-19-11(9)12(15)13-7-10-8-14(4-6-18-10)20(2,16)17/h3,5,10H,4,6-8H2,1-2H3,(H,13,15). The lowest BCUT2D eigenvalue weighted by atomic mass is 10.2. The Balaban J connectivity index is 1.88. The molecule has 1 aliphatic rings. The van der Waals surface area contributed by atoms with Crippen molar-refractivity contribution < 1.29 is 22.4 Å². The van der Waals surface area contributed by atoms with Gasteiger partial charge in [0.2, 0.25) is 10.0 Å². The highest BCUT2D eigenvalue weighted by molar-refractivity contribution is 7.88. The topological polar surface area (TPSA) is 88.9 Å². The monoisotopic (exact) mass is 302 g/mol. The fourth-order valence-corrected chi connectivity index (χ4v) is 2.85. The van der Waals surface area contributed by atoms with Crippen molar-refractivity contribution in [2.45, 2.75) is 13.0 Å². The molecular weight excluding hydrogens is 284 g/mol. The first-order valence-electron chi connectivity index (χ1n) is 6.27. The number of hydrogen-bond acceptors (Lipinski definition) is 5. The van der Waals surface area contributed by atoms with Gasteiger partial charge in [-0.25, -0.2) is 8.42 Å². The number of carbonyl (C=O) groups excluding carboxylic acids is 1. The fourth-order valence-electron chi connectivity index (χ4n) is 2.01. The molecular formula is C12H18N2O5S. The number of sulfonamides is 1. The van der Waals surface area contributed by atoms with Crippen LogP contribution >= 0.6 is 0 Å². The van der Waals surface area contributed by atoms with Gasteiger partial charge in [-0.05, 0) is 13.0 Å². The average molecular weight is 302 g/mol. The number of hydrogen-bond donors (Lipinski definition) is 1. The predicted molar refractivity (Wildman–Crippen MR) is 71.9 cm³/mol. The van der Waals surface area contributed by atoms with Crippen molar-refractivity contribution in [2.75, 3.05) is 32.5 Å². The fraction of sp³-hybridized carbons (Fsp3) is 0.583. The van der Waals surface area contributed by atoms with Crippen molar-refractivity contribution in [3.05, 3.63) is 23.7 Å². The molecule has 1 unspecified atom stereocenters. The molecule has 1 aliphatic heterocycles. The van der Waals surface area contributed by atoms with Crippen LogP contribution in [0, 0.1) is 6.92 Å². The molecule has 1 fully saturated rings. The maximum Gasteiger partial charge on any atom is 0.287 e. The van der Waals surface area contributed by atoms with Crippen LogP contribution in [0.5, 0.6) is 0 Å². The Bertz CT molecular complexity index is 580. The van der Waals surface area contributed by atoms with Gasteiger partial charge in [-0.3, -0.25) is 4.79 Å². The molecule has 0 aliphatic carbocycles. The summed E-state index contributed by atoms with van der Waals surface area (Å²) in [6, 6.07) is 1.71. The Morgan fingerprint density at radius 1 is 1.55 bits per heavy atom. The Morgan fingerprint density at radius 2 is 2.30 bits per heavy atom. The molecule has 8 heteroatoms. The van der Waals surface area contributed by atoms with Crippen LogP contribution in [0.25, 0.3) is 0 Å². The Morgan fingerprint density at radius 3 is 2.90 bits per heavy atom. The van der Waals surface area contributed by atoms with Crippen LogP contribution in [0.3, 0.4) is 0 Å². The van der Waals surface area contributed by atoms with E-state index in [4.69, 9.17) is 9.15 Å². The third kappa shape index (κ3) is 3.59. The van der Waals surface area contributed by atoms with Gasteiger partial charge in [0.1, 0.15) is 0 Å². The van der Waals surface area contributed by atoms with Crippen molar-refractivity contribution in [3.8, 4) is 0 Å². The van der Waals surface area contributed by atoms with E-state index in [2.05, 4.69) is 5.32 Å². The van der Waals surface area contributed by atoms with Crippen molar-refractivity contribution in [2.24, 2.45) is 0 Å². The highest BCUT2D eigenvalue weighted by atomic mass is 32.2. The van der Waals surface area contributed by atoms with Crippen LogP contribution in [-0.2, 0) is 14.8 Å². The minimum Gasteiger partial charge on any atom is -0.459 e. The molecule has 7 nitrogen and oxygen atoms in total. The molecule has 112 valence electrons. The van der Waals surface area contributed by atoms with E-state index in [-0.39, 0.29) is 30.9 Å². The molecule has 1 aromatic heterocycles. The van der Waals surface area contributed by atoms with Gasteiger partial charge in [0, 0.05) is 25.2 Å². The zero-order valence-corrected chi connectivity index (χ0v) is 12.3. The van der Waals surface area contributed by atoms with Crippen LogP contribution in [0.4, 0.5) is 0 Å². The van der Waals surface area contributed by atoms with Crippen LogP contribution < -0.4 is 5.32 Å². The molecule has 1 saturated heterocycles. The molecule has 2 heterocycles. The average Bonchev–Trinajstić information content (AvgIpc) is 2.82. The summed E-state index contributed by atoms with van der Waals surface area (Å²) in [6.07, 6.45) is 2.27. The van der Waals surface area contributed by atoms with Gasteiger partial charge in [0.25, 0.3) is 5.91 Å². The number of carbonyl (C=O) groups is 1. The van der Waals surface area contributed by atoms with Crippen molar-refractivity contribution >= 4 is 15.9 Å². The lowest BCUT2D eigenvalue weighted by Crippen LogP contribution is -2.49. The number of nitrogens with one attached hydrogen (secondary N) is 1. The van der Waals surface area contributed by atoms with Gasteiger partial charge in [-0.15, -0.1) is 0 Å². The Hall–Kier alpha value is -1.38. The maximum atomic E-state index is 11.9. The largest absolute Gasteiger partial charge is 0.459 e. The van der Waals surface area contributed by atoms with E-state index in [0.717, 1.165) is 5.56 Å². The second-order valence-electron chi connectivity index (χ2n) is 4.76. The summed E-state index contributed by atoms with van der Waals surface area (Å²) >= 11 is 0. The molecule has 2 rings (SSSR count). The zero-order chi connectivity index (χ0) is 14.8. The summed E-state index contributed by atoms with van der Waals surface area (Å²) in [7, 11) is -3.23. The van der Waals surface area contributed by atoms with E-state index in [0.29, 0.717) is 13.2 Å². The first kappa shape index (κ1) is 15.0. The van der Waals surface area contributed by atoms with Gasteiger partial charge in [0.15, 0.2) is 5.76 Å². The molecule has 0 saturated carbocycles. The van der Waals surface area contributed by atoms with Crippen LogP contribution in [0.2, 0.25) is 0 Å². The molecule has 0 radical (unpaired) electrons. The van der Waals surface area contributed by atoms with E-state index in [1.54, 1.807) is 13.0 Å². The third-order valence-corrected chi connectivity index (χ3v) is 4.40. The predicted octanol–water partition coefficient (Wildman–Crippen LogP) is -0.0218. The number of furan rings is 1. The maximum absolute atomic E-state index is 11.9. The zero-order valence-electron chi connectivity index (χ0n) is 11.5. The molecule has 0 spiro atoms. The van der Waals surface area contributed by atoms with Crippen molar-refractivity contribution in [1.82, 2.24) is 9.62 Å². The van der Waals surface area contributed by atoms with Crippen LogP contribution in [0.1, 0.15) is 16.1 Å². The van der Waals surface area contributed by atoms with Gasteiger partial charge < -0.3 is 14.5 Å². The third-order valence-electron chi connectivity index (χ3n) is 3.13. The Labute approximate surface area is 117 Å². The second kappa shape index (κ2) is 5.94. The molecule has 1 aromatic rings. The first-order valence-corrected chi connectivity index (χ1v) is 8.12. The number of aryl methyl sites for hydroxylation is 1. The number of amides is 1. The smallest absolute Gasteiger partial charge is 0.287 e. The quantitative estimate of drug-likeness (QED) is 0.844.